The average Bonchev–Trinajstić information content (AvgIpc) is 2.97. The van der Waals surface area contributed by atoms with Crippen molar-refractivity contribution in [3.8, 4) is 11.5 Å². The molecule has 0 aromatic heterocycles. The van der Waals surface area contributed by atoms with Crippen molar-refractivity contribution >= 4 is 17.6 Å². The molecule has 0 saturated carbocycles. The highest BCUT2D eigenvalue weighted by Gasteiger charge is 2.57. The van der Waals surface area contributed by atoms with Crippen LogP contribution in [0.3, 0.4) is 0 Å². The second kappa shape index (κ2) is 7.32. The quantitative estimate of drug-likeness (QED) is 0.733. The molecule has 1 atom stereocenters. The number of rotatable bonds is 3. The maximum absolute atomic E-state index is 13.1. The number of urea groups is 1. The number of carbonyl (C=O) groups excluding carboxylic acids is 2. The highest BCUT2D eigenvalue weighted by Crippen LogP contribution is 2.40. The summed E-state index contributed by atoms with van der Waals surface area (Å²) in [6.45, 7) is 2.68. The maximum Gasteiger partial charge on any atom is 0.331 e. The zero-order chi connectivity index (χ0) is 20.7. The topological polar surface area (TPSA) is 62.3 Å². The van der Waals surface area contributed by atoms with Gasteiger partial charge in [0.15, 0.2) is 11.5 Å². The predicted octanol–water partition coefficient (Wildman–Crippen LogP) is 2.76. The molecule has 7 nitrogen and oxygen atoms in total. The number of imide groups is 1. The van der Waals surface area contributed by atoms with E-state index in [0.29, 0.717) is 19.4 Å². The number of likely N-dealkylation sites (N-methyl/N-ethyl adjacent to an activating group) is 1. The Bertz CT molecular complexity index is 956. The SMILES string of the molecule is CN1C(=O)N(c2ccccc2)C2(CCN(CC3COc4ccccc4O3)CC2)C1=O. The van der Waals surface area contributed by atoms with Crippen LogP contribution in [0.2, 0.25) is 0 Å². The van der Waals surface area contributed by atoms with E-state index in [1.54, 1.807) is 11.9 Å². The molecule has 5 rings (SSSR count). The molecule has 0 radical (unpaired) electrons. The van der Waals surface area contributed by atoms with E-state index in [-0.39, 0.29) is 18.0 Å². The van der Waals surface area contributed by atoms with Crippen LogP contribution in [0.1, 0.15) is 12.8 Å². The monoisotopic (exact) mass is 407 g/mol. The number of anilines is 1. The minimum absolute atomic E-state index is 0.0530. The summed E-state index contributed by atoms with van der Waals surface area (Å²) in [5.41, 5.74) is -0.0329. The fourth-order valence-corrected chi connectivity index (χ4v) is 4.75. The van der Waals surface area contributed by atoms with Crippen molar-refractivity contribution < 1.29 is 19.1 Å². The second-order valence-electron chi connectivity index (χ2n) is 8.15. The second-order valence-corrected chi connectivity index (χ2v) is 8.15. The minimum Gasteiger partial charge on any atom is -0.486 e. The van der Waals surface area contributed by atoms with E-state index < -0.39 is 5.54 Å². The molecule has 0 aliphatic carbocycles. The van der Waals surface area contributed by atoms with E-state index in [9.17, 15) is 9.59 Å². The number of amides is 3. The molecule has 3 amide bonds. The fourth-order valence-electron chi connectivity index (χ4n) is 4.75. The van der Waals surface area contributed by atoms with Gasteiger partial charge in [-0.15, -0.1) is 0 Å². The molecule has 3 heterocycles. The molecule has 156 valence electrons. The lowest BCUT2D eigenvalue weighted by Crippen LogP contribution is -2.58. The van der Waals surface area contributed by atoms with Gasteiger partial charge in [0.2, 0.25) is 0 Å². The van der Waals surface area contributed by atoms with Gasteiger partial charge < -0.3 is 9.47 Å². The summed E-state index contributed by atoms with van der Waals surface area (Å²) in [5.74, 6) is 1.45. The van der Waals surface area contributed by atoms with E-state index in [4.69, 9.17) is 9.47 Å². The number of nitrogens with zero attached hydrogens (tertiary/aromatic N) is 3. The molecule has 2 aromatic carbocycles. The number of likely N-dealkylation sites (tertiary alicyclic amines) is 1. The standard InChI is InChI=1S/C23H25N3O4/c1-24-21(27)23(26(22(24)28)17-7-3-2-4-8-17)11-13-25(14-12-23)15-18-16-29-19-9-5-6-10-20(19)30-18/h2-10,18H,11-16H2,1H3. The van der Waals surface area contributed by atoms with Crippen LogP contribution in [0, 0.1) is 0 Å². The van der Waals surface area contributed by atoms with Crippen LogP contribution in [0.4, 0.5) is 10.5 Å². The average molecular weight is 407 g/mol. The zero-order valence-electron chi connectivity index (χ0n) is 17.0. The summed E-state index contributed by atoms with van der Waals surface area (Å²) >= 11 is 0. The third-order valence-corrected chi connectivity index (χ3v) is 6.34. The molecule has 7 heteroatoms. The molecule has 0 N–H and O–H groups in total. The Hall–Kier alpha value is -3.06. The predicted molar refractivity (Wildman–Crippen MR) is 112 cm³/mol. The van der Waals surface area contributed by atoms with E-state index in [1.807, 2.05) is 54.6 Å². The van der Waals surface area contributed by atoms with Gasteiger partial charge in [0.05, 0.1) is 0 Å². The molecule has 1 unspecified atom stereocenters. The molecule has 3 aliphatic rings. The highest BCUT2D eigenvalue weighted by molar-refractivity contribution is 6.16. The Kier molecular flexibility index (Phi) is 4.62. The molecule has 0 bridgehead atoms. The van der Waals surface area contributed by atoms with Gasteiger partial charge in [-0.25, -0.2) is 4.79 Å². The Labute approximate surface area is 175 Å². The lowest BCUT2D eigenvalue weighted by Gasteiger charge is -2.43. The van der Waals surface area contributed by atoms with Crippen LogP contribution >= 0.6 is 0 Å². The fraction of sp³-hybridized carbons (Fsp3) is 0.391. The lowest BCUT2D eigenvalue weighted by molar-refractivity contribution is -0.131. The number of para-hydroxylation sites is 3. The number of carbonyl (C=O) groups is 2. The van der Waals surface area contributed by atoms with Gasteiger partial charge in [0.1, 0.15) is 18.2 Å². The van der Waals surface area contributed by atoms with Crippen molar-refractivity contribution in [1.29, 1.82) is 0 Å². The van der Waals surface area contributed by atoms with Gasteiger partial charge in [-0.3, -0.25) is 19.5 Å². The number of ether oxygens (including phenoxy) is 2. The van der Waals surface area contributed by atoms with Crippen molar-refractivity contribution in [1.82, 2.24) is 9.80 Å². The summed E-state index contributed by atoms with van der Waals surface area (Å²) in [4.78, 5) is 31.3. The largest absolute Gasteiger partial charge is 0.486 e. The van der Waals surface area contributed by atoms with Gasteiger partial charge in [-0.2, -0.15) is 0 Å². The molecule has 30 heavy (non-hydrogen) atoms. The lowest BCUT2D eigenvalue weighted by atomic mass is 9.85. The number of hydrogen-bond acceptors (Lipinski definition) is 5. The maximum atomic E-state index is 13.1. The Balaban J connectivity index is 1.29. The third-order valence-electron chi connectivity index (χ3n) is 6.34. The van der Waals surface area contributed by atoms with E-state index in [1.165, 1.54) is 4.90 Å². The molecule has 1 spiro atoms. The first-order chi connectivity index (χ1) is 14.6. The Morgan fingerprint density at radius 2 is 1.63 bits per heavy atom. The summed E-state index contributed by atoms with van der Waals surface area (Å²) in [6, 6.07) is 16.9. The zero-order valence-corrected chi connectivity index (χ0v) is 17.0. The first-order valence-electron chi connectivity index (χ1n) is 10.4. The third kappa shape index (κ3) is 3.01. The smallest absolute Gasteiger partial charge is 0.331 e. The molecule has 2 saturated heterocycles. The van der Waals surface area contributed by atoms with E-state index >= 15 is 0 Å². The van der Waals surface area contributed by atoms with Crippen LogP contribution in [0.15, 0.2) is 54.6 Å². The summed E-state index contributed by atoms with van der Waals surface area (Å²) in [6.07, 6.45) is 1.14. The Morgan fingerprint density at radius 3 is 2.37 bits per heavy atom. The summed E-state index contributed by atoms with van der Waals surface area (Å²) in [5, 5.41) is 0. The minimum atomic E-state index is -0.805. The summed E-state index contributed by atoms with van der Waals surface area (Å²) in [7, 11) is 1.58. The van der Waals surface area contributed by atoms with Crippen LogP contribution in [0.5, 0.6) is 11.5 Å². The van der Waals surface area contributed by atoms with Crippen molar-refractivity contribution in [2.45, 2.75) is 24.5 Å². The molecular formula is C23H25N3O4. The van der Waals surface area contributed by atoms with Crippen molar-refractivity contribution in [3.05, 3.63) is 54.6 Å². The van der Waals surface area contributed by atoms with Crippen LogP contribution in [0.25, 0.3) is 0 Å². The molecular weight excluding hydrogens is 382 g/mol. The van der Waals surface area contributed by atoms with E-state index in [0.717, 1.165) is 36.8 Å². The van der Waals surface area contributed by atoms with Crippen LogP contribution < -0.4 is 14.4 Å². The van der Waals surface area contributed by atoms with Gasteiger partial charge in [0, 0.05) is 32.4 Å². The first-order valence-corrected chi connectivity index (χ1v) is 10.4. The van der Waals surface area contributed by atoms with Crippen molar-refractivity contribution in [2.75, 3.05) is 38.2 Å². The number of benzene rings is 2. The van der Waals surface area contributed by atoms with Crippen molar-refractivity contribution in [3.63, 3.8) is 0 Å². The Morgan fingerprint density at radius 1 is 0.967 bits per heavy atom. The van der Waals surface area contributed by atoms with Crippen LogP contribution in [-0.4, -0.2) is 66.7 Å². The van der Waals surface area contributed by atoms with Gasteiger partial charge in [-0.1, -0.05) is 30.3 Å². The van der Waals surface area contributed by atoms with Gasteiger partial charge >= 0.3 is 6.03 Å². The molecule has 2 aromatic rings. The van der Waals surface area contributed by atoms with Gasteiger partial charge in [-0.05, 0) is 37.1 Å². The summed E-state index contributed by atoms with van der Waals surface area (Å²) < 4.78 is 11.9. The first kappa shape index (κ1) is 18.9. The normalized spacial score (nSPS) is 23.3. The number of fused-ring (bicyclic) bond motifs is 1. The highest BCUT2D eigenvalue weighted by atomic mass is 16.6. The molecule has 3 aliphatic heterocycles. The van der Waals surface area contributed by atoms with Gasteiger partial charge in [0.25, 0.3) is 5.91 Å². The number of hydrogen-bond donors (Lipinski definition) is 0. The van der Waals surface area contributed by atoms with E-state index in [2.05, 4.69) is 4.90 Å². The molecule has 2 fully saturated rings. The van der Waals surface area contributed by atoms with Crippen LogP contribution in [-0.2, 0) is 4.79 Å². The number of piperidine rings is 1. The van der Waals surface area contributed by atoms with Crippen molar-refractivity contribution in [2.24, 2.45) is 0 Å².